The van der Waals surface area contributed by atoms with Crippen molar-refractivity contribution in [3.05, 3.63) is 45.3 Å². The fraction of sp³-hybridized carbons (Fsp3) is 0.167. The number of fused-ring (bicyclic) bond motifs is 1. The molecule has 0 bridgehead atoms. The van der Waals surface area contributed by atoms with Crippen LogP contribution in [0.15, 0.2) is 33.5 Å². The van der Waals surface area contributed by atoms with Crippen LogP contribution >= 0.6 is 11.6 Å². The highest BCUT2D eigenvalue weighted by Gasteiger charge is 2.13. The molecule has 1 heterocycles. The van der Waals surface area contributed by atoms with E-state index in [1.807, 2.05) is 0 Å². The minimum atomic E-state index is -0.588. The van der Waals surface area contributed by atoms with Crippen LogP contribution in [0.4, 0.5) is 0 Å². The Labute approximate surface area is 102 Å². The molecule has 0 aliphatic heterocycles. The van der Waals surface area contributed by atoms with Crippen LogP contribution in [-0.2, 0) is 16.1 Å². The van der Waals surface area contributed by atoms with Crippen LogP contribution in [0.25, 0.3) is 11.0 Å². The third-order valence-electron chi connectivity index (χ3n) is 2.26. The molecule has 0 N–H and O–H groups in total. The van der Waals surface area contributed by atoms with Crippen LogP contribution in [0.3, 0.4) is 0 Å². The number of carbonyl (C=O) groups excluding carboxylic acids is 1. The SMILES string of the molecule is CC(=O)OCc1c(Cl)c2ccccc2oc1=O. The predicted octanol–water partition coefficient (Wildman–Crippen LogP) is 2.51. The maximum absolute atomic E-state index is 11.6. The van der Waals surface area contributed by atoms with Gasteiger partial charge in [0.1, 0.15) is 12.2 Å². The van der Waals surface area contributed by atoms with Crippen molar-refractivity contribution in [3.8, 4) is 0 Å². The third kappa shape index (κ3) is 2.31. The van der Waals surface area contributed by atoms with Gasteiger partial charge in [-0.05, 0) is 12.1 Å². The Morgan fingerprint density at radius 2 is 2.12 bits per heavy atom. The van der Waals surface area contributed by atoms with E-state index >= 15 is 0 Å². The summed E-state index contributed by atoms with van der Waals surface area (Å²) in [6.45, 7) is 1.08. The van der Waals surface area contributed by atoms with E-state index in [0.29, 0.717) is 11.0 Å². The van der Waals surface area contributed by atoms with E-state index in [1.54, 1.807) is 24.3 Å². The summed E-state index contributed by atoms with van der Waals surface area (Å²) in [6, 6.07) is 6.91. The Bertz CT molecular complexity index is 630. The summed E-state index contributed by atoms with van der Waals surface area (Å²) >= 11 is 6.08. The second-order valence-electron chi connectivity index (χ2n) is 3.46. The molecular weight excluding hydrogens is 244 g/mol. The van der Waals surface area contributed by atoms with Gasteiger partial charge in [0.15, 0.2) is 0 Å². The molecule has 17 heavy (non-hydrogen) atoms. The second kappa shape index (κ2) is 4.59. The van der Waals surface area contributed by atoms with Crippen LogP contribution < -0.4 is 5.63 Å². The molecule has 0 aliphatic rings. The van der Waals surface area contributed by atoms with Gasteiger partial charge in [-0.15, -0.1) is 0 Å². The molecule has 88 valence electrons. The number of halogens is 1. The van der Waals surface area contributed by atoms with Crippen LogP contribution in [0.2, 0.25) is 5.02 Å². The fourth-order valence-corrected chi connectivity index (χ4v) is 1.73. The summed E-state index contributed by atoms with van der Waals surface area (Å²) in [5.74, 6) is -0.478. The minimum absolute atomic E-state index is 0.153. The highest BCUT2D eigenvalue weighted by atomic mass is 35.5. The Morgan fingerprint density at radius 3 is 2.82 bits per heavy atom. The van der Waals surface area contributed by atoms with Gasteiger partial charge in [-0.2, -0.15) is 0 Å². The van der Waals surface area contributed by atoms with Crippen LogP contribution in [-0.4, -0.2) is 5.97 Å². The molecule has 0 atom stereocenters. The summed E-state index contributed by atoms with van der Waals surface area (Å²) in [5.41, 5.74) is -0.0235. The van der Waals surface area contributed by atoms with E-state index < -0.39 is 11.6 Å². The summed E-state index contributed by atoms with van der Waals surface area (Å²) in [5, 5.41) is 0.883. The van der Waals surface area contributed by atoms with Crippen LogP contribution in [0.1, 0.15) is 12.5 Å². The smallest absolute Gasteiger partial charge is 0.344 e. The standard InChI is InChI=1S/C12H9ClO4/c1-7(14)16-6-9-11(13)8-4-2-3-5-10(8)17-12(9)15/h2-5H,6H2,1H3. The zero-order valence-corrected chi connectivity index (χ0v) is 9.78. The first-order valence-electron chi connectivity index (χ1n) is 4.93. The maximum atomic E-state index is 11.6. The predicted molar refractivity (Wildman–Crippen MR) is 63.0 cm³/mol. The molecule has 1 aromatic carbocycles. The van der Waals surface area contributed by atoms with Gasteiger partial charge in [0.25, 0.3) is 0 Å². The van der Waals surface area contributed by atoms with Crippen molar-refractivity contribution in [2.75, 3.05) is 0 Å². The van der Waals surface area contributed by atoms with E-state index in [0.717, 1.165) is 0 Å². The average Bonchev–Trinajstić information content (AvgIpc) is 2.28. The summed E-state index contributed by atoms with van der Waals surface area (Å²) in [4.78, 5) is 22.3. The van der Waals surface area contributed by atoms with Gasteiger partial charge >= 0.3 is 11.6 Å². The monoisotopic (exact) mass is 252 g/mol. The molecule has 0 unspecified atom stereocenters. The van der Waals surface area contributed by atoms with Crippen molar-refractivity contribution >= 4 is 28.5 Å². The lowest BCUT2D eigenvalue weighted by Crippen LogP contribution is -2.11. The van der Waals surface area contributed by atoms with Gasteiger partial charge in [0.05, 0.1) is 10.6 Å². The molecule has 0 radical (unpaired) electrons. The maximum Gasteiger partial charge on any atom is 0.344 e. The third-order valence-corrected chi connectivity index (χ3v) is 2.69. The van der Waals surface area contributed by atoms with E-state index in [9.17, 15) is 9.59 Å². The van der Waals surface area contributed by atoms with Crippen molar-refractivity contribution in [2.45, 2.75) is 13.5 Å². The molecule has 1 aromatic heterocycles. The minimum Gasteiger partial charge on any atom is -0.461 e. The first-order valence-corrected chi connectivity index (χ1v) is 5.31. The van der Waals surface area contributed by atoms with Gasteiger partial charge in [-0.3, -0.25) is 4.79 Å². The lowest BCUT2D eigenvalue weighted by Gasteiger charge is -2.05. The van der Waals surface area contributed by atoms with Crippen molar-refractivity contribution in [1.82, 2.24) is 0 Å². The van der Waals surface area contributed by atoms with Gasteiger partial charge in [0.2, 0.25) is 0 Å². The first-order chi connectivity index (χ1) is 8.09. The van der Waals surface area contributed by atoms with E-state index in [4.69, 9.17) is 20.8 Å². The summed E-state index contributed by atoms with van der Waals surface area (Å²) in [6.07, 6.45) is 0. The highest BCUT2D eigenvalue weighted by Crippen LogP contribution is 2.24. The Balaban J connectivity index is 2.56. The van der Waals surface area contributed by atoms with E-state index in [2.05, 4.69) is 0 Å². The molecule has 0 saturated carbocycles. The van der Waals surface area contributed by atoms with Crippen LogP contribution in [0.5, 0.6) is 0 Å². The van der Waals surface area contributed by atoms with Crippen molar-refractivity contribution in [2.24, 2.45) is 0 Å². The van der Waals surface area contributed by atoms with E-state index in [1.165, 1.54) is 6.92 Å². The van der Waals surface area contributed by atoms with Gasteiger partial charge in [-0.25, -0.2) is 4.79 Å². The largest absolute Gasteiger partial charge is 0.461 e. The lowest BCUT2D eigenvalue weighted by molar-refractivity contribution is -0.142. The second-order valence-corrected chi connectivity index (χ2v) is 3.84. The number of carbonyl (C=O) groups is 1. The average molecular weight is 253 g/mol. The lowest BCUT2D eigenvalue weighted by atomic mass is 10.2. The van der Waals surface area contributed by atoms with Gasteiger partial charge in [-0.1, -0.05) is 23.7 Å². The molecule has 0 fully saturated rings. The zero-order chi connectivity index (χ0) is 12.4. The number of para-hydroxylation sites is 1. The molecule has 2 rings (SSSR count). The molecule has 4 nitrogen and oxygen atoms in total. The quantitative estimate of drug-likeness (QED) is 0.609. The van der Waals surface area contributed by atoms with Gasteiger partial charge < -0.3 is 9.15 Å². The number of benzene rings is 1. The molecular formula is C12H9ClO4. The molecule has 2 aromatic rings. The zero-order valence-electron chi connectivity index (χ0n) is 9.03. The summed E-state index contributed by atoms with van der Waals surface area (Å²) < 4.78 is 9.83. The topological polar surface area (TPSA) is 56.5 Å². The van der Waals surface area contributed by atoms with E-state index in [-0.39, 0.29) is 17.2 Å². The number of hydrogen-bond acceptors (Lipinski definition) is 4. The number of rotatable bonds is 2. The first kappa shape index (κ1) is 11.7. The van der Waals surface area contributed by atoms with Crippen molar-refractivity contribution < 1.29 is 13.9 Å². The molecule has 0 spiro atoms. The Morgan fingerprint density at radius 1 is 1.41 bits per heavy atom. The van der Waals surface area contributed by atoms with Crippen molar-refractivity contribution in [1.29, 1.82) is 0 Å². The fourth-order valence-electron chi connectivity index (χ4n) is 1.45. The number of hydrogen-bond donors (Lipinski definition) is 0. The molecule has 5 heteroatoms. The molecule has 0 saturated heterocycles. The Hall–Kier alpha value is -1.81. The van der Waals surface area contributed by atoms with Gasteiger partial charge in [0, 0.05) is 12.3 Å². The Kier molecular flexibility index (Phi) is 3.15. The highest BCUT2D eigenvalue weighted by molar-refractivity contribution is 6.35. The number of esters is 1. The number of ether oxygens (including phenoxy) is 1. The molecule has 0 amide bonds. The summed E-state index contributed by atoms with van der Waals surface area (Å²) in [7, 11) is 0. The van der Waals surface area contributed by atoms with Crippen molar-refractivity contribution in [3.63, 3.8) is 0 Å². The molecule has 0 aliphatic carbocycles. The van der Waals surface area contributed by atoms with Crippen LogP contribution in [0, 0.1) is 0 Å². The normalized spacial score (nSPS) is 10.5.